The second-order valence-corrected chi connectivity index (χ2v) is 19.4. The Morgan fingerprint density at radius 3 is 2.32 bits per heavy atom. The molecule has 1 amide bonds. The molecule has 194 valence electrons. The zero-order valence-electron chi connectivity index (χ0n) is 20.4. The molecule has 1 N–H and O–H groups in total. The van der Waals surface area contributed by atoms with Crippen LogP contribution >= 0.6 is 38.2 Å². The van der Waals surface area contributed by atoms with Crippen LogP contribution in [0, 0.1) is 0 Å². The Morgan fingerprint density at radius 1 is 1.03 bits per heavy atom. The van der Waals surface area contributed by atoms with Gasteiger partial charge >= 0.3 is 0 Å². The SMILES string of the molecule is CC(C)Oc1cc(Oc2ccc(S(C)(=O)=O)cc2)cc(C(=O)Nc2nc3ccc([P@@](C)(=O)I)cc3s2)c1. The Balaban J connectivity index is 1.60. The van der Waals surface area contributed by atoms with Crippen LogP contribution in [0.3, 0.4) is 0 Å². The highest BCUT2D eigenvalue weighted by molar-refractivity contribution is 14.2. The molecule has 1 atom stereocenters. The molecule has 0 saturated carbocycles. The van der Waals surface area contributed by atoms with Gasteiger partial charge in [0.1, 0.15) is 17.2 Å². The van der Waals surface area contributed by atoms with Crippen molar-refractivity contribution in [3.05, 3.63) is 66.2 Å². The maximum Gasteiger partial charge on any atom is 0.257 e. The first-order valence-corrected chi connectivity index (χ1v) is 18.7. The van der Waals surface area contributed by atoms with E-state index >= 15 is 0 Å². The summed E-state index contributed by atoms with van der Waals surface area (Å²) in [5.74, 6) is 0.803. The van der Waals surface area contributed by atoms with Crippen LogP contribution in [0.2, 0.25) is 0 Å². The van der Waals surface area contributed by atoms with Crippen LogP contribution in [-0.4, -0.2) is 38.3 Å². The molecule has 4 rings (SSSR count). The molecule has 12 heteroatoms. The second kappa shape index (κ2) is 10.7. The van der Waals surface area contributed by atoms with Gasteiger partial charge in [0.2, 0.25) is 0 Å². The van der Waals surface area contributed by atoms with E-state index in [2.05, 4.69) is 10.3 Å². The van der Waals surface area contributed by atoms with Crippen LogP contribution in [0.4, 0.5) is 5.13 Å². The molecule has 0 spiro atoms. The highest BCUT2D eigenvalue weighted by atomic mass is 127. The van der Waals surface area contributed by atoms with E-state index < -0.39 is 20.5 Å². The van der Waals surface area contributed by atoms with Crippen molar-refractivity contribution in [2.75, 3.05) is 18.2 Å². The van der Waals surface area contributed by atoms with Gasteiger partial charge in [0, 0.05) is 29.9 Å². The first-order valence-electron chi connectivity index (χ1n) is 11.1. The first kappa shape index (κ1) is 27.6. The van der Waals surface area contributed by atoms with Gasteiger partial charge in [-0.1, -0.05) is 11.3 Å². The van der Waals surface area contributed by atoms with Crippen molar-refractivity contribution in [1.82, 2.24) is 4.98 Å². The lowest BCUT2D eigenvalue weighted by Crippen LogP contribution is -2.13. The van der Waals surface area contributed by atoms with Crippen molar-refractivity contribution in [3.63, 3.8) is 0 Å². The van der Waals surface area contributed by atoms with Gasteiger partial charge in [-0.05, 0) is 90.5 Å². The molecule has 0 unspecified atom stereocenters. The lowest BCUT2D eigenvalue weighted by Gasteiger charge is -2.14. The molecular weight excluding hydrogens is 646 g/mol. The molecule has 0 radical (unpaired) electrons. The summed E-state index contributed by atoms with van der Waals surface area (Å²) in [6.45, 7) is 5.44. The van der Waals surface area contributed by atoms with Gasteiger partial charge in [-0.2, -0.15) is 0 Å². The number of fused-ring (bicyclic) bond motifs is 1. The maximum atomic E-state index is 13.1. The molecule has 4 aromatic rings. The van der Waals surface area contributed by atoms with Gasteiger partial charge in [-0.15, -0.1) is 0 Å². The number of hydrogen-bond acceptors (Lipinski definition) is 8. The van der Waals surface area contributed by atoms with Crippen molar-refractivity contribution in [3.8, 4) is 17.2 Å². The van der Waals surface area contributed by atoms with Crippen LogP contribution in [0.5, 0.6) is 17.2 Å². The number of ether oxygens (including phenoxy) is 2. The highest BCUT2D eigenvalue weighted by Crippen LogP contribution is 2.49. The van der Waals surface area contributed by atoms with Gasteiger partial charge in [-0.3, -0.25) is 10.1 Å². The number of thiazole rings is 1. The number of anilines is 1. The van der Waals surface area contributed by atoms with Crippen LogP contribution < -0.4 is 20.1 Å². The van der Waals surface area contributed by atoms with Crippen molar-refractivity contribution < 1.29 is 27.3 Å². The number of rotatable bonds is 8. The summed E-state index contributed by atoms with van der Waals surface area (Å²) >= 11 is 3.25. The van der Waals surface area contributed by atoms with E-state index in [1.54, 1.807) is 49.1 Å². The van der Waals surface area contributed by atoms with E-state index in [1.165, 1.54) is 23.5 Å². The number of benzene rings is 3. The van der Waals surface area contributed by atoms with Crippen molar-refractivity contribution in [1.29, 1.82) is 0 Å². The molecule has 0 aliphatic rings. The van der Waals surface area contributed by atoms with E-state index in [0.29, 0.717) is 33.5 Å². The highest BCUT2D eigenvalue weighted by Gasteiger charge is 2.17. The molecule has 37 heavy (non-hydrogen) atoms. The number of carbonyl (C=O) groups excluding carboxylic acids is 1. The number of halogens is 1. The monoisotopic (exact) mass is 670 g/mol. The first-order chi connectivity index (χ1) is 17.3. The van der Waals surface area contributed by atoms with Gasteiger partial charge in [0.05, 0.1) is 21.2 Å². The number of amides is 1. The fraction of sp³-hybridized carbons (Fsp3) is 0.200. The number of sulfone groups is 1. The third-order valence-corrected chi connectivity index (χ3v) is 9.99. The Kier molecular flexibility index (Phi) is 7.99. The van der Waals surface area contributed by atoms with E-state index in [0.717, 1.165) is 16.3 Å². The summed E-state index contributed by atoms with van der Waals surface area (Å²) in [7, 11) is -3.33. The third-order valence-electron chi connectivity index (χ3n) is 5.06. The van der Waals surface area contributed by atoms with Crippen molar-refractivity contribution >= 4 is 74.6 Å². The standard InChI is InChI=1S/C25H24IN2O6PS2/c1-15(2)33-18-11-16(12-19(13-18)34-17-5-8-21(9-6-17)37(4,31)32)24(29)28-25-27-22-10-7-20(35(3,26)30)14-23(22)36-25/h5-15H,1-4H3,(H,27,28,29)/t35-/m1/s1. The molecule has 1 aromatic heterocycles. The summed E-state index contributed by atoms with van der Waals surface area (Å²) in [6, 6.07) is 16.3. The van der Waals surface area contributed by atoms with Crippen LogP contribution in [0.15, 0.2) is 65.6 Å². The Hall–Kier alpha value is -2.47. The minimum absolute atomic E-state index is 0.133. The average molecular weight is 670 g/mol. The predicted molar refractivity (Wildman–Crippen MR) is 157 cm³/mol. The average Bonchev–Trinajstić information content (AvgIpc) is 3.19. The number of nitrogens with zero attached hydrogens (tertiary/aromatic N) is 1. The summed E-state index contributed by atoms with van der Waals surface area (Å²) < 4.78 is 48.4. The third kappa shape index (κ3) is 7.10. The Bertz CT molecular complexity index is 1630. The number of nitrogens with one attached hydrogen (secondary N) is 1. The van der Waals surface area contributed by atoms with E-state index in [4.69, 9.17) is 9.47 Å². The minimum Gasteiger partial charge on any atom is -0.491 e. The normalized spacial score (nSPS) is 13.4. The maximum absolute atomic E-state index is 13.1. The summed E-state index contributed by atoms with van der Waals surface area (Å²) in [5.41, 5.74) is 0.999. The summed E-state index contributed by atoms with van der Waals surface area (Å²) in [5, 5.41) is 3.97. The lowest BCUT2D eigenvalue weighted by molar-refractivity contribution is 0.102. The van der Waals surface area contributed by atoms with Gasteiger partial charge in [0.15, 0.2) is 19.8 Å². The topological polar surface area (TPSA) is 112 Å². The minimum atomic E-state index is -3.33. The van der Waals surface area contributed by atoms with E-state index in [9.17, 15) is 17.8 Å². The molecular formula is C25H24IN2O6PS2. The molecule has 0 aliphatic carbocycles. The van der Waals surface area contributed by atoms with Crippen molar-refractivity contribution in [2.45, 2.75) is 24.8 Å². The van der Waals surface area contributed by atoms with Gasteiger partial charge < -0.3 is 14.0 Å². The Morgan fingerprint density at radius 2 is 1.70 bits per heavy atom. The van der Waals surface area contributed by atoms with E-state index in [-0.39, 0.29) is 11.0 Å². The quantitative estimate of drug-likeness (QED) is 0.168. The zero-order valence-corrected chi connectivity index (χ0v) is 25.1. The fourth-order valence-electron chi connectivity index (χ4n) is 3.38. The fourth-order valence-corrected chi connectivity index (χ4v) is 6.60. The summed E-state index contributed by atoms with van der Waals surface area (Å²) in [4.78, 5) is 15.4. The molecule has 0 saturated heterocycles. The van der Waals surface area contributed by atoms with Crippen LogP contribution in [0.25, 0.3) is 10.2 Å². The predicted octanol–water partition coefficient (Wildman–Crippen LogP) is 6.50. The van der Waals surface area contributed by atoms with Gasteiger partial charge in [-0.25, -0.2) is 13.4 Å². The molecule has 3 aromatic carbocycles. The largest absolute Gasteiger partial charge is 0.491 e. The van der Waals surface area contributed by atoms with Crippen LogP contribution in [0.1, 0.15) is 24.2 Å². The van der Waals surface area contributed by atoms with Gasteiger partial charge in [0.25, 0.3) is 5.91 Å². The number of carbonyl (C=O) groups is 1. The van der Waals surface area contributed by atoms with Crippen molar-refractivity contribution in [2.24, 2.45) is 0 Å². The number of hydrogen-bond donors (Lipinski definition) is 1. The smallest absolute Gasteiger partial charge is 0.257 e. The second-order valence-electron chi connectivity index (χ2n) is 8.65. The molecule has 0 fully saturated rings. The molecule has 1 heterocycles. The van der Waals surface area contributed by atoms with E-state index in [1.807, 2.05) is 42.0 Å². The zero-order chi connectivity index (χ0) is 27.0. The Labute approximate surface area is 232 Å². The lowest BCUT2D eigenvalue weighted by atomic mass is 10.2. The van der Waals surface area contributed by atoms with Crippen LogP contribution in [-0.2, 0) is 14.4 Å². The molecule has 0 bridgehead atoms. The summed E-state index contributed by atoms with van der Waals surface area (Å²) in [6.07, 6.45) is 1.00. The molecule has 0 aliphatic heterocycles. The molecule has 8 nitrogen and oxygen atoms in total. The number of aromatic nitrogens is 1.